The Morgan fingerprint density at radius 1 is 1.15 bits per heavy atom. The highest BCUT2D eigenvalue weighted by Crippen LogP contribution is 2.43. The second-order valence-corrected chi connectivity index (χ2v) is 11.2. The van der Waals surface area contributed by atoms with Crippen molar-refractivity contribution in [3.05, 3.63) is 75.6 Å². The van der Waals surface area contributed by atoms with Crippen molar-refractivity contribution in [2.24, 2.45) is 7.05 Å². The lowest BCUT2D eigenvalue weighted by atomic mass is 9.87. The highest BCUT2D eigenvalue weighted by atomic mass is 19.1. The summed E-state index contributed by atoms with van der Waals surface area (Å²) in [5, 5.41) is 11.2. The number of fused-ring (bicyclic) bond motifs is 2. The van der Waals surface area contributed by atoms with Gasteiger partial charge in [0.1, 0.15) is 0 Å². The van der Waals surface area contributed by atoms with Gasteiger partial charge in [0, 0.05) is 41.4 Å². The van der Waals surface area contributed by atoms with Gasteiger partial charge in [-0.15, -0.1) is 0 Å². The number of nitrogens with zero attached hydrogens (tertiary/aromatic N) is 2. The van der Waals surface area contributed by atoms with E-state index in [9.17, 15) is 14.7 Å². The van der Waals surface area contributed by atoms with Gasteiger partial charge >= 0.3 is 5.97 Å². The van der Waals surface area contributed by atoms with Crippen LogP contribution in [0.2, 0.25) is 0 Å². The van der Waals surface area contributed by atoms with Gasteiger partial charge in [0.2, 0.25) is 5.88 Å². The molecule has 0 radical (unpaired) electrons. The summed E-state index contributed by atoms with van der Waals surface area (Å²) in [5.74, 6) is -1.10. The standard InChI is InChI=1S/C32H33FN2O6/c1-17-20-8-7-13-40-28(20)24(33)15-22(17)26-21-11-9-18(19-10-12-25(39-6)34-16-19)14-23(21)30(36)35(5)27(26)29(31(37)38)41-32(2,3)4/h9-12,14-16,29H,7-8,13H2,1-6H3,(H,37,38). The number of hydrogen-bond donors (Lipinski definition) is 1. The van der Waals surface area contributed by atoms with Crippen molar-refractivity contribution in [2.75, 3.05) is 13.7 Å². The summed E-state index contributed by atoms with van der Waals surface area (Å²) in [6.45, 7) is 7.55. The molecule has 41 heavy (non-hydrogen) atoms. The van der Waals surface area contributed by atoms with Gasteiger partial charge in [-0.2, -0.15) is 0 Å². The molecule has 1 aliphatic heterocycles. The fourth-order valence-corrected chi connectivity index (χ4v) is 5.47. The third kappa shape index (κ3) is 5.17. The maximum absolute atomic E-state index is 15.5. The number of halogens is 1. The van der Waals surface area contributed by atoms with Crippen LogP contribution in [-0.4, -0.2) is 39.9 Å². The number of hydrogen-bond acceptors (Lipinski definition) is 6. The van der Waals surface area contributed by atoms with Gasteiger partial charge in [-0.3, -0.25) is 4.79 Å². The number of pyridine rings is 2. The van der Waals surface area contributed by atoms with Gasteiger partial charge < -0.3 is 23.9 Å². The fourth-order valence-electron chi connectivity index (χ4n) is 5.47. The zero-order chi connectivity index (χ0) is 29.6. The second-order valence-electron chi connectivity index (χ2n) is 11.2. The number of carboxylic acids is 1. The van der Waals surface area contributed by atoms with Crippen molar-refractivity contribution >= 4 is 16.7 Å². The summed E-state index contributed by atoms with van der Waals surface area (Å²) in [4.78, 5) is 30.8. The lowest BCUT2D eigenvalue weighted by molar-refractivity contribution is -0.161. The first-order valence-electron chi connectivity index (χ1n) is 13.4. The van der Waals surface area contributed by atoms with E-state index in [0.717, 1.165) is 28.7 Å². The van der Waals surface area contributed by atoms with Crippen molar-refractivity contribution in [3.63, 3.8) is 0 Å². The number of benzene rings is 2. The molecule has 0 saturated carbocycles. The van der Waals surface area contributed by atoms with Crippen LogP contribution in [-0.2, 0) is 23.0 Å². The van der Waals surface area contributed by atoms with Gasteiger partial charge in [-0.1, -0.05) is 12.1 Å². The van der Waals surface area contributed by atoms with E-state index in [2.05, 4.69) is 4.98 Å². The van der Waals surface area contributed by atoms with Crippen molar-refractivity contribution in [1.82, 2.24) is 9.55 Å². The largest absolute Gasteiger partial charge is 0.490 e. The zero-order valence-electron chi connectivity index (χ0n) is 24.0. The molecule has 8 nitrogen and oxygen atoms in total. The summed E-state index contributed by atoms with van der Waals surface area (Å²) in [5.41, 5.74) is 2.84. The molecule has 0 aliphatic carbocycles. The van der Waals surface area contributed by atoms with E-state index in [1.165, 1.54) is 24.8 Å². The average molecular weight is 561 g/mol. The van der Waals surface area contributed by atoms with E-state index in [1.807, 2.05) is 19.1 Å². The van der Waals surface area contributed by atoms with E-state index in [-0.39, 0.29) is 11.4 Å². The molecule has 1 atom stereocenters. The maximum atomic E-state index is 15.5. The first-order valence-corrected chi connectivity index (χ1v) is 13.4. The van der Waals surface area contributed by atoms with Gasteiger partial charge in [0.25, 0.3) is 5.56 Å². The van der Waals surface area contributed by atoms with Gasteiger partial charge in [-0.05, 0) is 80.8 Å². The first kappa shape index (κ1) is 28.3. The molecule has 0 bridgehead atoms. The lowest BCUT2D eigenvalue weighted by Gasteiger charge is -2.29. The molecule has 0 saturated heterocycles. The number of aliphatic carboxylic acids is 1. The Kier molecular flexibility index (Phi) is 7.33. The van der Waals surface area contributed by atoms with Crippen molar-refractivity contribution < 1.29 is 28.5 Å². The number of carboxylic acid groups (broad SMARTS) is 1. The van der Waals surface area contributed by atoms with Crippen molar-refractivity contribution in [1.29, 1.82) is 0 Å². The Bertz CT molecular complexity index is 1720. The predicted octanol–water partition coefficient (Wildman–Crippen LogP) is 5.99. The lowest BCUT2D eigenvalue weighted by Crippen LogP contribution is -2.33. The van der Waals surface area contributed by atoms with Crippen molar-refractivity contribution in [3.8, 4) is 33.9 Å². The molecule has 0 amide bonds. The fraction of sp³-hybridized carbons (Fsp3) is 0.344. The van der Waals surface area contributed by atoms with Crippen LogP contribution in [0.4, 0.5) is 4.39 Å². The quantitative estimate of drug-likeness (QED) is 0.309. The minimum atomic E-state index is -1.49. The van der Waals surface area contributed by atoms with Gasteiger partial charge in [-0.25, -0.2) is 14.2 Å². The number of methoxy groups -OCH3 is 1. The van der Waals surface area contributed by atoms with Crippen LogP contribution in [0.15, 0.2) is 47.4 Å². The third-order valence-electron chi connectivity index (χ3n) is 7.37. The molecule has 3 heterocycles. The summed E-state index contributed by atoms with van der Waals surface area (Å²) in [6, 6.07) is 10.3. The molecule has 5 rings (SSSR count). The SMILES string of the molecule is COc1ccc(-c2ccc3c(-c4cc(F)c5c(c4C)CCCO5)c(C(OC(C)(C)C)C(=O)O)n(C)c(=O)c3c2)cn1. The number of carbonyl (C=O) groups is 1. The molecule has 1 N–H and O–H groups in total. The molecule has 1 unspecified atom stereocenters. The first-order chi connectivity index (χ1) is 19.4. The normalized spacial score (nSPS) is 13.9. The summed E-state index contributed by atoms with van der Waals surface area (Å²) >= 11 is 0. The van der Waals surface area contributed by atoms with Crippen LogP contribution >= 0.6 is 0 Å². The Labute approximate surface area is 237 Å². The molecule has 9 heteroatoms. The van der Waals surface area contributed by atoms with E-state index < -0.39 is 29.1 Å². The molecule has 2 aromatic carbocycles. The molecule has 214 valence electrons. The molecule has 0 spiro atoms. The number of ether oxygens (including phenoxy) is 3. The van der Waals surface area contributed by atoms with E-state index >= 15 is 4.39 Å². The Morgan fingerprint density at radius 3 is 2.51 bits per heavy atom. The van der Waals surface area contributed by atoms with Crippen molar-refractivity contribution in [2.45, 2.75) is 52.2 Å². The monoisotopic (exact) mass is 560 g/mol. The maximum Gasteiger partial charge on any atom is 0.339 e. The number of aromatic nitrogens is 2. The minimum Gasteiger partial charge on any atom is -0.490 e. The molecular weight excluding hydrogens is 527 g/mol. The predicted molar refractivity (Wildman–Crippen MR) is 154 cm³/mol. The minimum absolute atomic E-state index is 0.142. The van der Waals surface area contributed by atoms with Gasteiger partial charge in [0.15, 0.2) is 17.7 Å². The third-order valence-corrected chi connectivity index (χ3v) is 7.37. The summed E-state index contributed by atoms with van der Waals surface area (Å²) in [6.07, 6.45) is 1.52. The Hall–Kier alpha value is -4.24. The average Bonchev–Trinajstić information content (AvgIpc) is 2.95. The summed E-state index contributed by atoms with van der Waals surface area (Å²) in [7, 11) is 3.06. The molecular formula is C32H33FN2O6. The van der Waals surface area contributed by atoms with Gasteiger partial charge in [0.05, 0.1) is 25.0 Å². The number of rotatable bonds is 6. The smallest absolute Gasteiger partial charge is 0.339 e. The highest BCUT2D eigenvalue weighted by Gasteiger charge is 2.34. The Balaban J connectivity index is 1.87. The molecule has 0 fully saturated rings. The van der Waals surface area contributed by atoms with Crippen LogP contribution in [0.3, 0.4) is 0 Å². The zero-order valence-corrected chi connectivity index (χ0v) is 24.0. The highest BCUT2D eigenvalue weighted by molar-refractivity contribution is 6.01. The Morgan fingerprint density at radius 2 is 1.88 bits per heavy atom. The van der Waals surface area contributed by atoms with Crippen LogP contribution in [0.5, 0.6) is 11.6 Å². The van der Waals surface area contributed by atoms with E-state index in [1.54, 1.807) is 45.2 Å². The van der Waals surface area contributed by atoms with Crippen LogP contribution < -0.4 is 15.0 Å². The van der Waals surface area contributed by atoms with Crippen LogP contribution in [0, 0.1) is 12.7 Å². The topological polar surface area (TPSA) is 99.9 Å². The molecule has 2 aromatic heterocycles. The van der Waals surface area contributed by atoms with E-state index in [0.29, 0.717) is 40.8 Å². The molecule has 4 aromatic rings. The van der Waals surface area contributed by atoms with Crippen LogP contribution in [0.25, 0.3) is 33.0 Å². The second kappa shape index (κ2) is 10.6. The van der Waals surface area contributed by atoms with Crippen LogP contribution in [0.1, 0.15) is 50.1 Å². The van der Waals surface area contributed by atoms with E-state index in [4.69, 9.17) is 14.2 Å². The molecule has 1 aliphatic rings. The summed E-state index contributed by atoms with van der Waals surface area (Å²) < 4.78 is 33.7.